The van der Waals surface area contributed by atoms with Gasteiger partial charge < -0.3 is 0 Å². The van der Waals surface area contributed by atoms with Gasteiger partial charge in [0.25, 0.3) is 0 Å². The van der Waals surface area contributed by atoms with Crippen LogP contribution in [0.4, 0.5) is 0 Å². The Hall–Kier alpha value is -0.640. The summed E-state index contributed by atoms with van der Waals surface area (Å²) in [5, 5.41) is 7.98. The van der Waals surface area contributed by atoms with E-state index in [-0.39, 0.29) is 22.4 Å². The molecule has 0 aliphatic rings. The third kappa shape index (κ3) is 1.43. The molecule has 0 amide bonds. The van der Waals surface area contributed by atoms with E-state index in [9.17, 15) is 0 Å². The number of aryl methyl sites for hydroxylation is 1. The normalized spacial score (nSPS) is 9.75. The van der Waals surface area contributed by atoms with E-state index in [1.165, 1.54) is 0 Å². The fourth-order valence-corrected chi connectivity index (χ4v) is 1.15. The van der Waals surface area contributed by atoms with Gasteiger partial charge in [0, 0.05) is 28.9 Å². The zero-order valence-electron chi connectivity index (χ0n) is 6.66. The first kappa shape index (κ1) is 9.45. The monoisotopic (exact) mass is 254 g/mol. The molecular formula is C8H9AgN3. The average Bonchev–Trinajstić information content (AvgIpc) is 2.47. The summed E-state index contributed by atoms with van der Waals surface area (Å²) in [5.41, 5.74) is 2.07. The zero-order valence-corrected chi connectivity index (χ0v) is 8.14. The van der Waals surface area contributed by atoms with Crippen LogP contribution in [-0.4, -0.2) is 15.0 Å². The Bertz CT molecular complexity index is 369. The first-order valence-electron chi connectivity index (χ1n) is 3.70. The smallest absolute Gasteiger partial charge is 0.113 e. The molecule has 67 valence electrons. The second-order valence-electron chi connectivity index (χ2n) is 2.39. The van der Waals surface area contributed by atoms with Gasteiger partial charge in [-0.3, -0.25) is 0 Å². The van der Waals surface area contributed by atoms with Crippen molar-refractivity contribution in [2.75, 3.05) is 0 Å². The standard InChI is InChI=1S/C8H9N3.Ag/c1-2-11-8-6-4-3-5-7(8)9-10-11;/h3-6H,2H2,1H3;. The molecular weight excluding hydrogens is 246 g/mol. The van der Waals surface area contributed by atoms with Crippen molar-refractivity contribution in [3.63, 3.8) is 0 Å². The van der Waals surface area contributed by atoms with Gasteiger partial charge in [0.05, 0.1) is 5.52 Å². The van der Waals surface area contributed by atoms with Crippen molar-refractivity contribution in [3.05, 3.63) is 24.3 Å². The molecule has 12 heavy (non-hydrogen) atoms. The van der Waals surface area contributed by atoms with Crippen molar-refractivity contribution < 1.29 is 22.4 Å². The van der Waals surface area contributed by atoms with Crippen LogP contribution in [0.1, 0.15) is 6.92 Å². The van der Waals surface area contributed by atoms with Crippen LogP contribution < -0.4 is 0 Å². The van der Waals surface area contributed by atoms with Gasteiger partial charge >= 0.3 is 0 Å². The van der Waals surface area contributed by atoms with Crippen LogP contribution in [-0.2, 0) is 28.9 Å². The molecule has 1 radical (unpaired) electrons. The van der Waals surface area contributed by atoms with Gasteiger partial charge in [0.15, 0.2) is 0 Å². The quantitative estimate of drug-likeness (QED) is 0.722. The Kier molecular flexibility index (Phi) is 3.03. The maximum absolute atomic E-state index is 4.00. The summed E-state index contributed by atoms with van der Waals surface area (Å²) >= 11 is 0. The fraction of sp³-hybridized carbons (Fsp3) is 0.250. The molecule has 0 spiro atoms. The third-order valence-corrected chi connectivity index (χ3v) is 1.72. The Morgan fingerprint density at radius 3 is 2.83 bits per heavy atom. The van der Waals surface area contributed by atoms with Crippen molar-refractivity contribution in [3.8, 4) is 0 Å². The fourth-order valence-electron chi connectivity index (χ4n) is 1.15. The first-order valence-corrected chi connectivity index (χ1v) is 3.70. The van der Waals surface area contributed by atoms with Crippen molar-refractivity contribution in [1.82, 2.24) is 15.0 Å². The van der Waals surface area contributed by atoms with Crippen molar-refractivity contribution in [1.29, 1.82) is 0 Å². The molecule has 1 aromatic carbocycles. The number of aromatic nitrogens is 3. The molecule has 0 aliphatic carbocycles. The molecule has 2 aromatic rings. The molecule has 0 saturated heterocycles. The summed E-state index contributed by atoms with van der Waals surface area (Å²) in [5.74, 6) is 0. The molecule has 1 aromatic heterocycles. The molecule has 0 saturated carbocycles. The minimum atomic E-state index is 0. The van der Waals surface area contributed by atoms with Crippen LogP contribution in [0.15, 0.2) is 24.3 Å². The van der Waals surface area contributed by atoms with E-state index in [4.69, 9.17) is 0 Å². The SMILES string of the molecule is CCn1nnc2ccccc21.[Ag]. The first-order chi connectivity index (χ1) is 5.42. The third-order valence-electron chi connectivity index (χ3n) is 1.72. The second kappa shape index (κ2) is 3.85. The Morgan fingerprint density at radius 1 is 1.33 bits per heavy atom. The van der Waals surface area contributed by atoms with Crippen LogP contribution in [0, 0.1) is 0 Å². The second-order valence-corrected chi connectivity index (χ2v) is 2.39. The summed E-state index contributed by atoms with van der Waals surface area (Å²) in [6.45, 7) is 2.93. The van der Waals surface area contributed by atoms with E-state index >= 15 is 0 Å². The summed E-state index contributed by atoms with van der Waals surface area (Å²) < 4.78 is 1.88. The van der Waals surface area contributed by atoms with Gasteiger partial charge in [-0.15, -0.1) is 5.10 Å². The van der Waals surface area contributed by atoms with Crippen molar-refractivity contribution in [2.24, 2.45) is 0 Å². The van der Waals surface area contributed by atoms with Crippen LogP contribution in [0.3, 0.4) is 0 Å². The van der Waals surface area contributed by atoms with Crippen LogP contribution in [0.2, 0.25) is 0 Å². The molecule has 4 heteroatoms. The molecule has 0 fully saturated rings. The van der Waals surface area contributed by atoms with Gasteiger partial charge in [0.1, 0.15) is 5.52 Å². The minimum absolute atomic E-state index is 0. The van der Waals surface area contributed by atoms with Gasteiger partial charge in [-0.05, 0) is 19.1 Å². The van der Waals surface area contributed by atoms with E-state index in [2.05, 4.69) is 17.2 Å². The van der Waals surface area contributed by atoms with Gasteiger partial charge in [0.2, 0.25) is 0 Å². The van der Waals surface area contributed by atoms with Gasteiger partial charge in [-0.2, -0.15) is 0 Å². The predicted octanol–water partition coefficient (Wildman–Crippen LogP) is 1.45. The maximum Gasteiger partial charge on any atom is 0.113 e. The number of nitrogens with zero attached hydrogens (tertiary/aromatic N) is 3. The molecule has 3 nitrogen and oxygen atoms in total. The summed E-state index contributed by atoms with van der Waals surface area (Å²) in [4.78, 5) is 0. The number of para-hydroxylation sites is 1. The van der Waals surface area contributed by atoms with E-state index in [1.807, 2.05) is 28.9 Å². The average molecular weight is 255 g/mol. The topological polar surface area (TPSA) is 30.7 Å². The minimum Gasteiger partial charge on any atom is -0.245 e. The van der Waals surface area contributed by atoms with Crippen molar-refractivity contribution >= 4 is 11.0 Å². The maximum atomic E-state index is 4.00. The molecule has 0 atom stereocenters. The molecule has 0 aliphatic heterocycles. The molecule has 0 N–H and O–H groups in total. The number of benzene rings is 1. The van der Waals surface area contributed by atoms with E-state index < -0.39 is 0 Å². The van der Waals surface area contributed by atoms with Crippen molar-refractivity contribution in [2.45, 2.75) is 13.5 Å². The largest absolute Gasteiger partial charge is 0.245 e. The molecule has 2 rings (SSSR count). The zero-order chi connectivity index (χ0) is 7.68. The van der Waals surface area contributed by atoms with E-state index in [0.29, 0.717) is 0 Å². The summed E-state index contributed by atoms with van der Waals surface area (Å²) in [6, 6.07) is 7.96. The Morgan fingerprint density at radius 2 is 2.08 bits per heavy atom. The number of rotatable bonds is 1. The van der Waals surface area contributed by atoms with E-state index in [1.54, 1.807) is 0 Å². The van der Waals surface area contributed by atoms with E-state index in [0.717, 1.165) is 17.6 Å². The molecule has 0 bridgehead atoms. The number of fused-ring (bicyclic) bond motifs is 1. The van der Waals surface area contributed by atoms with Crippen LogP contribution in [0.5, 0.6) is 0 Å². The molecule has 1 heterocycles. The van der Waals surface area contributed by atoms with Crippen LogP contribution >= 0.6 is 0 Å². The van der Waals surface area contributed by atoms with Gasteiger partial charge in [-0.1, -0.05) is 17.3 Å². The summed E-state index contributed by atoms with van der Waals surface area (Å²) in [7, 11) is 0. The number of hydrogen-bond donors (Lipinski definition) is 0. The predicted molar refractivity (Wildman–Crippen MR) is 43.2 cm³/mol. The van der Waals surface area contributed by atoms with Gasteiger partial charge in [-0.25, -0.2) is 4.68 Å². The van der Waals surface area contributed by atoms with Crippen LogP contribution in [0.25, 0.3) is 11.0 Å². The Balaban J connectivity index is 0.000000720. The summed E-state index contributed by atoms with van der Waals surface area (Å²) in [6.07, 6.45) is 0. The number of hydrogen-bond acceptors (Lipinski definition) is 2. The molecule has 0 unspecified atom stereocenters. The Labute approximate surface area is 86.3 Å².